The Bertz CT molecular complexity index is 1100. The highest BCUT2D eigenvalue weighted by atomic mass is 16.6. The van der Waals surface area contributed by atoms with Crippen LogP contribution in [0.5, 0.6) is 5.75 Å². The van der Waals surface area contributed by atoms with Gasteiger partial charge in [0.2, 0.25) is 0 Å². The van der Waals surface area contributed by atoms with E-state index in [-0.39, 0.29) is 18.3 Å². The average Bonchev–Trinajstić information content (AvgIpc) is 3.13. The molecule has 32 heavy (non-hydrogen) atoms. The molecule has 2 aromatic rings. The third-order valence-electron chi connectivity index (χ3n) is 4.61. The summed E-state index contributed by atoms with van der Waals surface area (Å²) in [6, 6.07) is 20.4. The van der Waals surface area contributed by atoms with Gasteiger partial charge in [0.25, 0.3) is 0 Å². The molecular formula is C24H23N5O3. The first kappa shape index (κ1) is 22.5. The summed E-state index contributed by atoms with van der Waals surface area (Å²) < 4.78 is 10.4. The van der Waals surface area contributed by atoms with Gasteiger partial charge in [-0.05, 0) is 49.8 Å². The molecule has 0 saturated carbocycles. The second kappa shape index (κ2) is 10.3. The summed E-state index contributed by atoms with van der Waals surface area (Å²) in [5.41, 5.74) is 8.27. The molecule has 0 aromatic heterocycles. The number of nitrogens with zero attached hydrogens (tertiary/aromatic N) is 4. The zero-order valence-corrected chi connectivity index (χ0v) is 17.8. The lowest BCUT2D eigenvalue weighted by molar-refractivity contribution is -0.149. The van der Waals surface area contributed by atoms with E-state index in [1.54, 1.807) is 49.2 Å². The van der Waals surface area contributed by atoms with Crippen molar-refractivity contribution < 1.29 is 14.3 Å². The molecule has 8 nitrogen and oxygen atoms in total. The van der Waals surface area contributed by atoms with Gasteiger partial charge in [-0.3, -0.25) is 0 Å². The number of carbonyl (C=O) groups is 1. The first-order valence-corrected chi connectivity index (χ1v) is 10.1. The number of nitriles is 2. The van der Waals surface area contributed by atoms with E-state index < -0.39 is 18.1 Å². The fourth-order valence-corrected chi connectivity index (χ4v) is 3.15. The normalized spacial score (nSPS) is 18.0. The number of anilines is 1. The van der Waals surface area contributed by atoms with Gasteiger partial charge in [-0.25, -0.2) is 9.80 Å². The molecule has 1 heterocycles. The summed E-state index contributed by atoms with van der Waals surface area (Å²) >= 11 is 0. The van der Waals surface area contributed by atoms with Crippen molar-refractivity contribution in [1.82, 2.24) is 0 Å². The smallest absolute Gasteiger partial charge is 0.344 e. The molecule has 1 aliphatic rings. The lowest BCUT2D eigenvalue weighted by Gasteiger charge is -2.21. The highest BCUT2D eigenvalue weighted by Crippen LogP contribution is 2.28. The summed E-state index contributed by atoms with van der Waals surface area (Å²) in [5, 5.41) is 25.4. The molecule has 2 aromatic carbocycles. The van der Waals surface area contributed by atoms with Crippen LogP contribution in [-0.4, -0.2) is 30.6 Å². The Balaban J connectivity index is 1.78. The number of carbonyl (C=O) groups excluding carboxylic acids is 1. The van der Waals surface area contributed by atoms with E-state index in [0.29, 0.717) is 17.0 Å². The Hall–Kier alpha value is -4.14. The van der Waals surface area contributed by atoms with Crippen molar-refractivity contribution in [3.63, 3.8) is 0 Å². The Morgan fingerprint density at radius 3 is 2.47 bits per heavy atom. The largest absolute Gasteiger partial charge is 0.482 e. The number of hydrogen-bond acceptors (Lipinski definition) is 8. The van der Waals surface area contributed by atoms with Gasteiger partial charge >= 0.3 is 5.97 Å². The fraction of sp³-hybridized carbons (Fsp3) is 0.250. The molecule has 1 aliphatic heterocycles. The van der Waals surface area contributed by atoms with Gasteiger partial charge in [-0.2, -0.15) is 15.6 Å². The van der Waals surface area contributed by atoms with Gasteiger partial charge in [0, 0.05) is 0 Å². The van der Waals surface area contributed by atoms with Gasteiger partial charge in [0.05, 0.1) is 29.1 Å². The van der Waals surface area contributed by atoms with Crippen LogP contribution in [0, 0.1) is 28.6 Å². The van der Waals surface area contributed by atoms with Gasteiger partial charge in [-0.15, -0.1) is 0 Å². The van der Waals surface area contributed by atoms with Crippen molar-refractivity contribution in [3.8, 4) is 17.9 Å². The maximum absolute atomic E-state index is 11.6. The molecular weight excluding hydrogens is 406 g/mol. The summed E-state index contributed by atoms with van der Waals surface area (Å²) in [6.07, 6.45) is 0.737. The molecule has 162 valence electrons. The van der Waals surface area contributed by atoms with Crippen molar-refractivity contribution in [2.75, 3.05) is 11.6 Å². The number of rotatable bonds is 7. The van der Waals surface area contributed by atoms with Crippen molar-refractivity contribution in [3.05, 3.63) is 65.7 Å². The minimum Gasteiger partial charge on any atom is -0.482 e. The van der Waals surface area contributed by atoms with E-state index in [4.69, 9.17) is 15.2 Å². The molecule has 2 N–H and O–H groups in total. The molecule has 3 rings (SSSR count). The van der Waals surface area contributed by atoms with E-state index in [0.717, 1.165) is 5.69 Å². The molecule has 0 saturated heterocycles. The average molecular weight is 429 g/mol. The lowest BCUT2D eigenvalue weighted by atomic mass is 9.95. The zero-order valence-electron chi connectivity index (χ0n) is 17.8. The van der Waals surface area contributed by atoms with Crippen molar-refractivity contribution in [1.29, 1.82) is 10.5 Å². The Morgan fingerprint density at radius 1 is 1.19 bits per heavy atom. The van der Waals surface area contributed by atoms with Crippen LogP contribution in [0.4, 0.5) is 5.69 Å². The predicted octanol–water partition coefficient (Wildman–Crippen LogP) is 3.22. The van der Waals surface area contributed by atoms with Crippen LogP contribution >= 0.6 is 0 Å². The number of esters is 1. The predicted molar refractivity (Wildman–Crippen MR) is 120 cm³/mol. The van der Waals surface area contributed by atoms with Gasteiger partial charge in [0.1, 0.15) is 23.9 Å². The zero-order chi connectivity index (χ0) is 23.1. The van der Waals surface area contributed by atoms with E-state index >= 15 is 0 Å². The number of nitrogens with two attached hydrogens (primary N) is 1. The number of allylic oxidation sites excluding steroid dienone is 1. The maximum atomic E-state index is 11.6. The summed E-state index contributed by atoms with van der Waals surface area (Å²) in [5.74, 6) is -0.709. The molecule has 0 radical (unpaired) electrons. The van der Waals surface area contributed by atoms with E-state index in [2.05, 4.69) is 17.2 Å². The molecule has 0 spiro atoms. The summed E-state index contributed by atoms with van der Waals surface area (Å²) in [4.78, 5) is 11.6. The van der Waals surface area contributed by atoms with Crippen LogP contribution in [0.2, 0.25) is 0 Å². The Morgan fingerprint density at radius 2 is 1.88 bits per heavy atom. The number of ether oxygens (including phenoxy) is 2. The highest BCUT2D eigenvalue weighted by Gasteiger charge is 2.37. The standard InChI is InChI=1S/C24H23N5O3/c1-16(2)32-22(30)15-31-20-10-8-17(9-11-20)12-18(13-25)23-21(14-26)24(27)29(28-23)19-6-4-3-5-7-19/h3-12,16,21,24H,15,27H2,1-2H3/b18-12-/t21-,24+/m0/s1. The van der Waals surface area contributed by atoms with Crippen molar-refractivity contribution in [2.45, 2.75) is 26.1 Å². The summed E-state index contributed by atoms with van der Waals surface area (Å²) in [6.45, 7) is 3.34. The number of hydrogen-bond donors (Lipinski definition) is 1. The number of para-hydroxylation sites is 1. The van der Waals surface area contributed by atoms with Gasteiger partial charge < -0.3 is 15.2 Å². The van der Waals surface area contributed by atoms with Gasteiger partial charge in [0.15, 0.2) is 6.61 Å². The third-order valence-corrected chi connectivity index (χ3v) is 4.61. The number of hydrazone groups is 1. The molecule has 0 aliphatic carbocycles. The van der Waals surface area contributed by atoms with E-state index in [1.165, 1.54) is 0 Å². The molecule has 8 heteroatoms. The third kappa shape index (κ3) is 5.31. The Labute approximate surface area is 186 Å². The fourth-order valence-electron chi connectivity index (χ4n) is 3.15. The monoisotopic (exact) mass is 429 g/mol. The maximum Gasteiger partial charge on any atom is 0.344 e. The van der Waals surface area contributed by atoms with E-state index in [1.807, 2.05) is 30.3 Å². The molecule has 0 fully saturated rings. The van der Waals surface area contributed by atoms with Crippen molar-refractivity contribution >= 4 is 23.4 Å². The van der Waals surface area contributed by atoms with Crippen LogP contribution in [-0.2, 0) is 9.53 Å². The van der Waals surface area contributed by atoms with Gasteiger partial charge in [-0.1, -0.05) is 30.3 Å². The second-order valence-electron chi connectivity index (χ2n) is 7.33. The SMILES string of the molecule is CC(C)OC(=O)COc1ccc(/C=C(/C#N)C2=NN(c3ccccc3)[C@@H](N)[C@H]2C#N)cc1. The second-order valence-corrected chi connectivity index (χ2v) is 7.33. The minimum atomic E-state index is -0.754. The molecule has 0 bridgehead atoms. The first-order chi connectivity index (χ1) is 15.4. The minimum absolute atomic E-state index is 0.190. The quantitative estimate of drug-likeness (QED) is 0.529. The molecule has 2 atom stereocenters. The van der Waals surface area contributed by atoms with Crippen LogP contribution in [0.25, 0.3) is 6.08 Å². The Kier molecular flexibility index (Phi) is 7.22. The first-order valence-electron chi connectivity index (χ1n) is 10.1. The summed E-state index contributed by atoms with van der Waals surface area (Å²) in [7, 11) is 0. The topological polar surface area (TPSA) is 125 Å². The van der Waals surface area contributed by atoms with Crippen molar-refractivity contribution in [2.24, 2.45) is 16.8 Å². The highest BCUT2D eigenvalue weighted by molar-refractivity contribution is 6.11. The van der Waals surface area contributed by atoms with Crippen LogP contribution in [0.3, 0.4) is 0 Å². The van der Waals surface area contributed by atoms with Crippen LogP contribution < -0.4 is 15.5 Å². The van der Waals surface area contributed by atoms with Crippen LogP contribution in [0.1, 0.15) is 19.4 Å². The molecule has 0 unspecified atom stereocenters. The lowest BCUT2D eigenvalue weighted by Crippen LogP contribution is -2.40. The number of benzene rings is 2. The van der Waals surface area contributed by atoms with Crippen LogP contribution in [0.15, 0.2) is 65.3 Å². The molecule has 0 amide bonds. The van der Waals surface area contributed by atoms with E-state index in [9.17, 15) is 15.3 Å².